The molecule has 2 nitrogen and oxygen atoms in total. The molecule has 0 aromatic heterocycles. The predicted molar refractivity (Wildman–Crippen MR) is 90.0 cm³/mol. The Kier molecular flexibility index (Phi) is 4.76. The van der Waals surface area contributed by atoms with Gasteiger partial charge in [0.1, 0.15) is 0 Å². The molecule has 1 aliphatic carbocycles. The number of likely N-dealkylation sites (tertiary alicyclic amines) is 1. The van der Waals surface area contributed by atoms with E-state index in [0.717, 1.165) is 30.5 Å². The first-order chi connectivity index (χ1) is 9.72. The van der Waals surface area contributed by atoms with Crippen LogP contribution in [0.5, 0.6) is 0 Å². The maximum atomic E-state index is 12.3. The third kappa shape index (κ3) is 3.42. The molecule has 1 aromatic carbocycles. The third-order valence-corrected chi connectivity index (χ3v) is 5.63. The highest BCUT2D eigenvalue weighted by Gasteiger charge is 2.31. The fourth-order valence-corrected chi connectivity index (χ4v) is 4.11. The van der Waals surface area contributed by atoms with Crippen LogP contribution < -0.4 is 0 Å². The molecule has 108 valence electrons. The summed E-state index contributed by atoms with van der Waals surface area (Å²) < 4.78 is 1.18. The van der Waals surface area contributed by atoms with Crippen LogP contribution in [-0.2, 0) is 0 Å². The lowest BCUT2D eigenvalue weighted by molar-refractivity contribution is 0.0713. The molecule has 2 aliphatic rings. The maximum Gasteiger partial charge on any atom is 0.176 e. The lowest BCUT2D eigenvalue weighted by Gasteiger charge is -2.41. The number of hydrogen-bond acceptors (Lipinski definition) is 2. The van der Waals surface area contributed by atoms with E-state index in [1.165, 1.54) is 35.7 Å². The number of rotatable bonds is 3. The zero-order chi connectivity index (χ0) is 13.9. The average Bonchev–Trinajstić information content (AvgIpc) is 2.48. The number of Topliss-reactive ketones (excluding diaryl/α,β-unsaturated/α-hetero) is 1. The van der Waals surface area contributed by atoms with Crippen molar-refractivity contribution in [3.63, 3.8) is 0 Å². The van der Waals surface area contributed by atoms with E-state index >= 15 is 0 Å². The molecule has 2 unspecified atom stereocenters. The van der Waals surface area contributed by atoms with Crippen molar-refractivity contribution in [2.45, 2.75) is 32.1 Å². The van der Waals surface area contributed by atoms with Gasteiger partial charge in [-0.25, -0.2) is 0 Å². The van der Waals surface area contributed by atoms with Gasteiger partial charge in [0, 0.05) is 15.7 Å². The quantitative estimate of drug-likeness (QED) is 0.581. The number of benzene rings is 1. The van der Waals surface area contributed by atoms with Crippen molar-refractivity contribution in [2.24, 2.45) is 11.8 Å². The Hall–Kier alpha value is -0.420. The minimum Gasteiger partial charge on any atom is -0.296 e. The van der Waals surface area contributed by atoms with Crippen molar-refractivity contribution in [1.82, 2.24) is 4.90 Å². The van der Waals surface area contributed by atoms with Crippen LogP contribution >= 0.6 is 22.6 Å². The Bertz CT molecular complexity index is 470. The van der Waals surface area contributed by atoms with Crippen molar-refractivity contribution >= 4 is 28.4 Å². The summed E-state index contributed by atoms with van der Waals surface area (Å²) in [5, 5.41) is 0. The molecule has 0 bridgehead atoms. The molecule has 3 rings (SSSR count). The van der Waals surface area contributed by atoms with Crippen LogP contribution in [0.3, 0.4) is 0 Å². The van der Waals surface area contributed by atoms with E-state index in [0.29, 0.717) is 6.54 Å². The van der Waals surface area contributed by atoms with Crippen molar-refractivity contribution in [3.05, 3.63) is 33.4 Å². The van der Waals surface area contributed by atoms with Gasteiger partial charge in [0.05, 0.1) is 6.54 Å². The SMILES string of the molecule is O=C(CN1CCC2CCCCC2C1)c1ccc(I)cc1. The van der Waals surface area contributed by atoms with Crippen LogP contribution in [0.15, 0.2) is 24.3 Å². The Morgan fingerprint density at radius 3 is 2.55 bits per heavy atom. The highest BCUT2D eigenvalue weighted by Crippen LogP contribution is 2.35. The second-order valence-corrected chi connectivity index (χ2v) is 7.50. The molecule has 3 heteroatoms. The van der Waals surface area contributed by atoms with Crippen molar-refractivity contribution in [1.29, 1.82) is 0 Å². The molecule has 0 spiro atoms. The van der Waals surface area contributed by atoms with Crippen LogP contribution in [0.2, 0.25) is 0 Å². The van der Waals surface area contributed by atoms with Gasteiger partial charge in [-0.05, 0) is 65.9 Å². The molecule has 0 amide bonds. The Morgan fingerprint density at radius 1 is 1.10 bits per heavy atom. The number of hydrogen-bond donors (Lipinski definition) is 0. The molecule has 1 saturated heterocycles. The van der Waals surface area contributed by atoms with E-state index in [2.05, 4.69) is 27.5 Å². The van der Waals surface area contributed by atoms with Gasteiger partial charge in [-0.2, -0.15) is 0 Å². The van der Waals surface area contributed by atoms with Gasteiger partial charge in [-0.3, -0.25) is 9.69 Å². The van der Waals surface area contributed by atoms with Crippen molar-refractivity contribution < 1.29 is 4.79 Å². The summed E-state index contributed by atoms with van der Waals surface area (Å²) >= 11 is 2.27. The average molecular weight is 383 g/mol. The summed E-state index contributed by atoms with van der Waals surface area (Å²) in [5.41, 5.74) is 0.858. The first kappa shape index (κ1) is 14.5. The molecule has 2 atom stereocenters. The number of piperidine rings is 1. The number of carbonyl (C=O) groups excluding carboxylic acids is 1. The van der Waals surface area contributed by atoms with Crippen LogP contribution in [-0.4, -0.2) is 30.3 Å². The van der Waals surface area contributed by atoms with E-state index in [1.54, 1.807) is 0 Å². The third-order valence-electron chi connectivity index (χ3n) is 4.91. The highest BCUT2D eigenvalue weighted by atomic mass is 127. The minimum absolute atomic E-state index is 0.274. The maximum absolute atomic E-state index is 12.3. The van der Waals surface area contributed by atoms with Crippen LogP contribution in [0, 0.1) is 15.4 Å². The molecule has 20 heavy (non-hydrogen) atoms. The summed E-state index contributed by atoms with van der Waals surface area (Å²) in [4.78, 5) is 14.7. The summed E-state index contributed by atoms with van der Waals surface area (Å²) in [6.07, 6.45) is 6.90. The minimum atomic E-state index is 0.274. The summed E-state index contributed by atoms with van der Waals surface area (Å²) in [6, 6.07) is 7.94. The van der Waals surface area contributed by atoms with Gasteiger partial charge in [-0.1, -0.05) is 31.4 Å². The van der Waals surface area contributed by atoms with Crippen LogP contribution in [0.1, 0.15) is 42.5 Å². The van der Waals surface area contributed by atoms with Gasteiger partial charge in [0.25, 0.3) is 0 Å². The molecule has 0 N–H and O–H groups in total. The first-order valence-electron chi connectivity index (χ1n) is 7.73. The fraction of sp³-hybridized carbons (Fsp3) is 0.588. The normalized spacial score (nSPS) is 27.1. The van der Waals surface area contributed by atoms with E-state index < -0.39 is 0 Å². The second-order valence-electron chi connectivity index (χ2n) is 6.26. The van der Waals surface area contributed by atoms with Gasteiger partial charge in [0.2, 0.25) is 0 Å². The number of carbonyl (C=O) groups is 1. The monoisotopic (exact) mass is 383 g/mol. The predicted octanol–water partition coefficient (Wildman–Crippen LogP) is 3.99. The number of halogens is 1. The Labute approximate surface area is 135 Å². The largest absolute Gasteiger partial charge is 0.296 e. The molecule has 1 saturated carbocycles. The van der Waals surface area contributed by atoms with Crippen LogP contribution in [0.4, 0.5) is 0 Å². The first-order valence-corrected chi connectivity index (χ1v) is 8.81. The molecular formula is C17H22INO. The number of ketones is 1. The zero-order valence-electron chi connectivity index (χ0n) is 11.9. The molecule has 0 radical (unpaired) electrons. The standard InChI is InChI=1S/C17H22INO/c18-16-7-5-14(6-8-16)17(20)12-19-10-9-13-3-1-2-4-15(13)11-19/h5-8,13,15H,1-4,9-12H2. The Balaban J connectivity index is 1.58. The van der Waals surface area contributed by atoms with Crippen molar-refractivity contribution in [3.8, 4) is 0 Å². The summed E-state index contributed by atoms with van der Waals surface area (Å²) in [7, 11) is 0. The number of fused-ring (bicyclic) bond motifs is 1. The van der Waals surface area contributed by atoms with E-state index in [1.807, 2.05) is 24.3 Å². The second kappa shape index (κ2) is 6.56. The van der Waals surface area contributed by atoms with Gasteiger partial charge in [-0.15, -0.1) is 0 Å². The molecule has 1 heterocycles. The van der Waals surface area contributed by atoms with E-state index in [9.17, 15) is 4.79 Å². The molecular weight excluding hydrogens is 361 g/mol. The van der Waals surface area contributed by atoms with E-state index in [-0.39, 0.29) is 5.78 Å². The lowest BCUT2D eigenvalue weighted by Crippen LogP contribution is -2.43. The van der Waals surface area contributed by atoms with Crippen molar-refractivity contribution in [2.75, 3.05) is 19.6 Å². The fourth-order valence-electron chi connectivity index (χ4n) is 3.75. The van der Waals surface area contributed by atoms with Gasteiger partial charge in [0.15, 0.2) is 5.78 Å². The van der Waals surface area contributed by atoms with Crippen LogP contribution in [0.25, 0.3) is 0 Å². The van der Waals surface area contributed by atoms with Gasteiger partial charge < -0.3 is 0 Å². The van der Waals surface area contributed by atoms with Gasteiger partial charge >= 0.3 is 0 Å². The topological polar surface area (TPSA) is 20.3 Å². The molecule has 1 aliphatic heterocycles. The summed E-state index contributed by atoms with van der Waals surface area (Å²) in [5.74, 6) is 2.06. The zero-order valence-corrected chi connectivity index (χ0v) is 14.0. The smallest absolute Gasteiger partial charge is 0.176 e. The number of nitrogens with zero attached hydrogens (tertiary/aromatic N) is 1. The summed E-state index contributed by atoms with van der Waals surface area (Å²) in [6.45, 7) is 2.85. The molecule has 1 aromatic rings. The highest BCUT2D eigenvalue weighted by molar-refractivity contribution is 14.1. The lowest BCUT2D eigenvalue weighted by atomic mass is 9.75. The molecule has 2 fully saturated rings. The Morgan fingerprint density at radius 2 is 1.80 bits per heavy atom. The van der Waals surface area contributed by atoms with E-state index in [4.69, 9.17) is 0 Å².